The predicted octanol–water partition coefficient (Wildman–Crippen LogP) is 1.26. The van der Waals surface area contributed by atoms with Gasteiger partial charge in [-0.15, -0.1) is 0 Å². The highest BCUT2D eigenvalue weighted by molar-refractivity contribution is 5.88. The van der Waals surface area contributed by atoms with E-state index in [-0.39, 0.29) is 0 Å². The lowest BCUT2D eigenvalue weighted by molar-refractivity contribution is 0.151. The van der Waals surface area contributed by atoms with E-state index in [1.165, 1.54) is 26.2 Å². The molecule has 0 atom stereocenters. The van der Waals surface area contributed by atoms with Crippen molar-refractivity contribution in [3.63, 3.8) is 0 Å². The number of nitrogens with zero attached hydrogens (tertiary/aromatic N) is 4. The molecule has 1 aliphatic heterocycles. The largest absolute Gasteiger partial charge is 0.382 e. The summed E-state index contributed by atoms with van der Waals surface area (Å²) in [6.45, 7) is 6.79. The molecule has 0 spiro atoms. The van der Waals surface area contributed by atoms with Gasteiger partial charge >= 0.3 is 0 Å². The second-order valence-corrected chi connectivity index (χ2v) is 5.62. The normalized spacial score (nSPS) is 17.9. The molecule has 2 N–H and O–H groups in total. The number of piperazine rings is 1. The minimum Gasteiger partial charge on any atom is -0.382 e. The Bertz CT molecular complexity index is 569. The summed E-state index contributed by atoms with van der Waals surface area (Å²) in [5.74, 6) is 0.639. The molecule has 2 heterocycles. The van der Waals surface area contributed by atoms with Gasteiger partial charge in [0.05, 0.1) is 5.52 Å². The molecule has 0 bridgehead atoms. The molecule has 1 saturated heterocycles. The van der Waals surface area contributed by atoms with Crippen molar-refractivity contribution in [3.8, 4) is 0 Å². The van der Waals surface area contributed by atoms with Crippen molar-refractivity contribution in [2.75, 3.05) is 45.5 Å². The molecule has 0 radical (unpaired) electrons. The van der Waals surface area contributed by atoms with Crippen molar-refractivity contribution in [2.24, 2.45) is 0 Å². The highest BCUT2D eigenvalue weighted by Crippen LogP contribution is 2.20. The van der Waals surface area contributed by atoms with E-state index in [9.17, 15) is 0 Å². The van der Waals surface area contributed by atoms with E-state index >= 15 is 0 Å². The van der Waals surface area contributed by atoms with Crippen LogP contribution >= 0.6 is 0 Å². The van der Waals surface area contributed by atoms with Crippen LogP contribution in [0.2, 0.25) is 0 Å². The van der Waals surface area contributed by atoms with Crippen molar-refractivity contribution >= 4 is 16.7 Å². The van der Waals surface area contributed by atoms with Gasteiger partial charge in [-0.2, -0.15) is 5.10 Å². The van der Waals surface area contributed by atoms with Gasteiger partial charge in [0.15, 0.2) is 5.82 Å². The molecule has 5 nitrogen and oxygen atoms in total. The van der Waals surface area contributed by atoms with Gasteiger partial charge in [0.2, 0.25) is 0 Å². The Balaban J connectivity index is 1.57. The fraction of sp³-hybridized carbons (Fsp3) is 0.533. The lowest BCUT2D eigenvalue weighted by Crippen LogP contribution is -2.44. The molecule has 20 heavy (non-hydrogen) atoms. The second-order valence-electron chi connectivity index (χ2n) is 5.62. The Labute approximate surface area is 119 Å². The summed E-state index contributed by atoms with van der Waals surface area (Å²) in [6, 6.07) is 8.18. The number of nitrogen functional groups attached to an aromatic ring is 1. The molecule has 1 aromatic carbocycles. The molecular formula is C15H23N5. The second kappa shape index (κ2) is 5.81. The van der Waals surface area contributed by atoms with Gasteiger partial charge in [-0.1, -0.05) is 12.1 Å². The maximum absolute atomic E-state index is 5.96. The number of fused-ring (bicyclic) bond motifs is 1. The zero-order valence-corrected chi connectivity index (χ0v) is 12.1. The molecule has 1 aliphatic rings. The third-order valence-electron chi connectivity index (χ3n) is 4.13. The SMILES string of the molecule is CN1CCN(CCCn2nc(N)c3ccccc32)CC1. The number of rotatable bonds is 4. The van der Waals surface area contributed by atoms with Crippen LogP contribution in [-0.2, 0) is 6.54 Å². The minimum absolute atomic E-state index is 0.639. The fourth-order valence-electron chi connectivity index (χ4n) is 2.84. The highest BCUT2D eigenvalue weighted by Gasteiger charge is 2.13. The first kappa shape index (κ1) is 13.4. The van der Waals surface area contributed by atoms with Gasteiger partial charge in [-0.25, -0.2) is 0 Å². The number of hydrogen-bond acceptors (Lipinski definition) is 4. The molecule has 0 unspecified atom stereocenters. The van der Waals surface area contributed by atoms with Crippen molar-refractivity contribution in [3.05, 3.63) is 24.3 Å². The Kier molecular flexibility index (Phi) is 3.89. The van der Waals surface area contributed by atoms with E-state index < -0.39 is 0 Å². The van der Waals surface area contributed by atoms with Crippen LogP contribution in [-0.4, -0.2) is 59.4 Å². The number of aryl methyl sites for hydroxylation is 1. The van der Waals surface area contributed by atoms with Crippen LogP contribution in [0.25, 0.3) is 10.9 Å². The van der Waals surface area contributed by atoms with Gasteiger partial charge < -0.3 is 15.5 Å². The summed E-state index contributed by atoms with van der Waals surface area (Å²) in [7, 11) is 2.19. The van der Waals surface area contributed by atoms with Gasteiger partial charge in [0.25, 0.3) is 0 Å². The van der Waals surface area contributed by atoms with Gasteiger partial charge in [-0.05, 0) is 32.1 Å². The summed E-state index contributed by atoms with van der Waals surface area (Å²) in [5, 5.41) is 5.51. The molecule has 1 aromatic heterocycles. The average molecular weight is 273 g/mol. The van der Waals surface area contributed by atoms with Gasteiger partial charge in [-0.3, -0.25) is 4.68 Å². The smallest absolute Gasteiger partial charge is 0.153 e. The molecule has 5 heteroatoms. The molecule has 3 rings (SSSR count). The van der Waals surface area contributed by atoms with E-state index in [4.69, 9.17) is 5.73 Å². The third kappa shape index (κ3) is 2.78. The maximum Gasteiger partial charge on any atom is 0.153 e. The molecule has 0 amide bonds. The first-order chi connectivity index (χ1) is 9.74. The number of hydrogen-bond donors (Lipinski definition) is 1. The van der Waals surface area contributed by atoms with E-state index in [2.05, 4.69) is 28.0 Å². The Morgan fingerprint density at radius 2 is 1.85 bits per heavy atom. The number of anilines is 1. The molecule has 1 fully saturated rings. The summed E-state index contributed by atoms with van der Waals surface area (Å²) >= 11 is 0. The third-order valence-corrected chi connectivity index (χ3v) is 4.13. The number of likely N-dealkylation sites (N-methyl/N-ethyl adjacent to an activating group) is 1. The van der Waals surface area contributed by atoms with Crippen molar-refractivity contribution in [1.29, 1.82) is 0 Å². The summed E-state index contributed by atoms with van der Waals surface area (Å²) in [6.07, 6.45) is 1.12. The van der Waals surface area contributed by atoms with Crippen LogP contribution in [0.4, 0.5) is 5.82 Å². The van der Waals surface area contributed by atoms with E-state index in [0.717, 1.165) is 30.4 Å². The molecular weight excluding hydrogens is 250 g/mol. The van der Waals surface area contributed by atoms with Crippen LogP contribution in [0.3, 0.4) is 0 Å². The topological polar surface area (TPSA) is 50.3 Å². The van der Waals surface area contributed by atoms with Gasteiger partial charge in [0, 0.05) is 38.1 Å². The van der Waals surface area contributed by atoms with E-state index in [0.29, 0.717) is 5.82 Å². The monoisotopic (exact) mass is 273 g/mol. The predicted molar refractivity (Wildman–Crippen MR) is 82.7 cm³/mol. The van der Waals surface area contributed by atoms with Crippen LogP contribution in [0.1, 0.15) is 6.42 Å². The van der Waals surface area contributed by atoms with Crippen LogP contribution < -0.4 is 5.73 Å². The van der Waals surface area contributed by atoms with Crippen molar-refractivity contribution in [1.82, 2.24) is 19.6 Å². The Hall–Kier alpha value is -1.59. The quantitative estimate of drug-likeness (QED) is 0.911. The molecule has 0 aliphatic carbocycles. The van der Waals surface area contributed by atoms with Crippen molar-refractivity contribution in [2.45, 2.75) is 13.0 Å². The zero-order valence-electron chi connectivity index (χ0n) is 12.1. The highest BCUT2D eigenvalue weighted by atomic mass is 15.3. The summed E-state index contributed by atoms with van der Waals surface area (Å²) in [4.78, 5) is 4.92. The van der Waals surface area contributed by atoms with Crippen LogP contribution in [0.5, 0.6) is 0 Å². The number of aromatic nitrogens is 2. The average Bonchev–Trinajstić information content (AvgIpc) is 2.79. The summed E-state index contributed by atoms with van der Waals surface area (Å²) in [5.41, 5.74) is 7.10. The van der Waals surface area contributed by atoms with Crippen molar-refractivity contribution < 1.29 is 0 Å². The van der Waals surface area contributed by atoms with Crippen LogP contribution in [0, 0.1) is 0 Å². The number of nitrogens with two attached hydrogens (primary N) is 1. The van der Waals surface area contributed by atoms with E-state index in [1.807, 2.05) is 22.9 Å². The van der Waals surface area contributed by atoms with Gasteiger partial charge in [0.1, 0.15) is 0 Å². The zero-order chi connectivity index (χ0) is 13.9. The number of benzene rings is 1. The Morgan fingerprint density at radius 3 is 2.65 bits per heavy atom. The lowest BCUT2D eigenvalue weighted by atomic mass is 10.2. The van der Waals surface area contributed by atoms with E-state index in [1.54, 1.807) is 0 Å². The summed E-state index contributed by atoms with van der Waals surface area (Å²) < 4.78 is 2.04. The maximum atomic E-state index is 5.96. The standard InChI is InChI=1S/C15H23N5/c1-18-9-11-19(12-10-18)7-4-8-20-14-6-3-2-5-13(14)15(16)17-20/h2-3,5-6H,4,7-12H2,1H3,(H2,16,17). The first-order valence-electron chi connectivity index (χ1n) is 7.36. The molecule has 108 valence electrons. The minimum atomic E-state index is 0.639. The number of para-hydroxylation sites is 1. The lowest BCUT2D eigenvalue weighted by Gasteiger charge is -2.32. The fourth-order valence-corrected chi connectivity index (χ4v) is 2.84. The first-order valence-corrected chi connectivity index (χ1v) is 7.36. The Morgan fingerprint density at radius 1 is 1.10 bits per heavy atom. The molecule has 0 saturated carbocycles. The molecule has 2 aromatic rings. The van der Waals surface area contributed by atoms with Crippen LogP contribution in [0.15, 0.2) is 24.3 Å².